The molecule has 0 amide bonds. The van der Waals surface area contributed by atoms with Crippen molar-refractivity contribution in [3.63, 3.8) is 0 Å². The molecule has 114 valence electrons. The third-order valence-corrected chi connectivity index (χ3v) is 2.85. The zero-order valence-electron chi connectivity index (χ0n) is 12.8. The van der Waals surface area contributed by atoms with Crippen LogP contribution in [0.2, 0.25) is 0 Å². The minimum Gasteiger partial charge on any atom is -0.465 e. The lowest BCUT2D eigenvalue weighted by atomic mass is 10.1. The molecule has 4 heteroatoms. The second kappa shape index (κ2) is 13.8. The summed E-state index contributed by atoms with van der Waals surface area (Å²) in [7, 11) is 0. The molecular formula is C15H30O4. The molecule has 0 aromatic carbocycles. The molecular weight excluding hydrogens is 244 g/mol. The van der Waals surface area contributed by atoms with Crippen LogP contribution in [-0.4, -0.2) is 39.0 Å². The van der Waals surface area contributed by atoms with Crippen LogP contribution in [0.4, 0.5) is 0 Å². The number of rotatable bonds is 13. The highest BCUT2D eigenvalue weighted by Crippen LogP contribution is 2.05. The van der Waals surface area contributed by atoms with Crippen molar-refractivity contribution in [2.24, 2.45) is 5.92 Å². The first kappa shape index (κ1) is 18.4. The van der Waals surface area contributed by atoms with Crippen LogP contribution in [0.15, 0.2) is 0 Å². The Bertz CT molecular complexity index is 206. The molecule has 0 aliphatic rings. The molecule has 0 spiro atoms. The van der Waals surface area contributed by atoms with E-state index in [9.17, 15) is 4.79 Å². The summed E-state index contributed by atoms with van der Waals surface area (Å²) in [6.07, 6.45) is 4.94. The van der Waals surface area contributed by atoms with Crippen LogP contribution in [-0.2, 0) is 19.0 Å². The van der Waals surface area contributed by atoms with Crippen LogP contribution in [0.1, 0.15) is 52.9 Å². The predicted molar refractivity (Wildman–Crippen MR) is 76.2 cm³/mol. The molecule has 0 saturated carbocycles. The fraction of sp³-hybridized carbons (Fsp3) is 0.933. The van der Waals surface area contributed by atoms with E-state index < -0.39 is 0 Å². The molecule has 1 atom stereocenters. The van der Waals surface area contributed by atoms with Gasteiger partial charge < -0.3 is 14.2 Å². The Labute approximate surface area is 117 Å². The molecule has 0 fully saturated rings. The van der Waals surface area contributed by atoms with Crippen molar-refractivity contribution < 1.29 is 19.0 Å². The first-order chi connectivity index (χ1) is 9.22. The van der Waals surface area contributed by atoms with Crippen molar-refractivity contribution in [3.05, 3.63) is 0 Å². The maximum absolute atomic E-state index is 11.6. The fourth-order valence-corrected chi connectivity index (χ4v) is 1.41. The number of carbonyl (C=O) groups is 1. The van der Waals surface area contributed by atoms with Gasteiger partial charge in [-0.2, -0.15) is 0 Å². The van der Waals surface area contributed by atoms with E-state index in [1.165, 1.54) is 0 Å². The normalized spacial score (nSPS) is 12.4. The summed E-state index contributed by atoms with van der Waals surface area (Å²) in [5, 5.41) is 0. The van der Waals surface area contributed by atoms with E-state index in [4.69, 9.17) is 14.2 Å². The summed E-state index contributed by atoms with van der Waals surface area (Å²) in [6, 6.07) is 0. The molecule has 4 nitrogen and oxygen atoms in total. The number of esters is 1. The van der Waals surface area contributed by atoms with Gasteiger partial charge in [0.15, 0.2) is 0 Å². The topological polar surface area (TPSA) is 44.8 Å². The molecule has 0 aliphatic heterocycles. The Morgan fingerprint density at radius 1 is 0.895 bits per heavy atom. The third-order valence-electron chi connectivity index (χ3n) is 2.85. The molecule has 19 heavy (non-hydrogen) atoms. The van der Waals surface area contributed by atoms with Crippen molar-refractivity contribution in [2.75, 3.05) is 33.0 Å². The Morgan fingerprint density at radius 3 is 2.11 bits per heavy atom. The molecule has 0 radical (unpaired) electrons. The Balaban J connectivity index is 3.32. The predicted octanol–water partition coefficient (Wildman–Crippen LogP) is 3.19. The molecule has 0 bridgehead atoms. The smallest absolute Gasteiger partial charge is 0.308 e. The lowest BCUT2D eigenvalue weighted by Crippen LogP contribution is -2.18. The van der Waals surface area contributed by atoms with Crippen molar-refractivity contribution in [1.82, 2.24) is 0 Å². The van der Waals surface area contributed by atoms with Crippen LogP contribution in [0.25, 0.3) is 0 Å². The van der Waals surface area contributed by atoms with Gasteiger partial charge in [0, 0.05) is 13.2 Å². The van der Waals surface area contributed by atoms with Gasteiger partial charge in [-0.15, -0.1) is 0 Å². The lowest BCUT2D eigenvalue weighted by Gasteiger charge is -2.11. The van der Waals surface area contributed by atoms with Crippen LogP contribution in [0, 0.1) is 5.92 Å². The molecule has 1 unspecified atom stereocenters. The van der Waals surface area contributed by atoms with Crippen LogP contribution >= 0.6 is 0 Å². The minimum absolute atomic E-state index is 0.0853. The zero-order valence-corrected chi connectivity index (χ0v) is 12.8. The number of hydrogen-bond acceptors (Lipinski definition) is 4. The molecule has 0 aliphatic carbocycles. The first-order valence-corrected chi connectivity index (χ1v) is 7.54. The van der Waals surface area contributed by atoms with Crippen molar-refractivity contribution in [1.29, 1.82) is 0 Å². The average molecular weight is 274 g/mol. The molecule has 0 saturated heterocycles. The number of unbranched alkanes of at least 4 members (excludes halogenated alkanes) is 2. The van der Waals surface area contributed by atoms with E-state index in [1.807, 2.05) is 6.92 Å². The molecule has 0 rings (SSSR count). The summed E-state index contributed by atoms with van der Waals surface area (Å²) in [5.74, 6) is -0.200. The Morgan fingerprint density at radius 2 is 1.47 bits per heavy atom. The van der Waals surface area contributed by atoms with E-state index >= 15 is 0 Å². The summed E-state index contributed by atoms with van der Waals surface area (Å²) in [5.41, 5.74) is 0. The SMILES string of the molecule is CCCCOCCOCCC(C)C(=O)OCCCC. The molecule has 0 heterocycles. The highest BCUT2D eigenvalue weighted by Gasteiger charge is 2.13. The highest BCUT2D eigenvalue weighted by molar-refractivity contribution is 5.71. The Hall–Kier alpha value is -0.610. The molecule has 0 N–H and O–H groups in total. The van der Waals surface area contributed by atoms with E-state index in [0.717, 1.165) is 32.3 Å². The van der Waals surface area contributed by atoms with Crippen LogP contribution < -0.4 is 0 Å². The fourth-order valence-electron chi connectivity index (χ4n) is 1.41. The largest absolute Gasteiger partial charge is 0.465 e. The van der Waals surface area contributed by atoms with Gasteiger partial charge in [0.2, 0.25) is 0 Å². The second-order valence-electron chi connectivity index (χ2n) is 4.79. The molecule has 0 aromatic heterocycles. The second-order valence-corrected chi connectivity index (χ2v) is 4.79. The van der Waals surface area contributed by atoms with Crippen molar-refractivity contribution in [2.45, 2.75) is 52.9 Å². The van der Waals surface area contributed by atoms with Gasteiger partial charge in [0.05, 0.1) is 25.7 Å². The van der Waals surface area contributed by atoms with Crippen molar-refractivity contribution in [3.8, 4) is 0 Å². The van der Waals surface area contributed by atoms with Gasteiger partial charge in [-0.05, 0) is 19.3 Å². The van der Waals surface area contributed by atoms with E-state index in [0.29, 0.717) is 32.8 Å². The quantitative estimate of drug-likeness (QED) is 0.382. The maximum Gasteiger partial charge on any atom is 0.308 e. The summed E-state index contributed by atoms with van der Waals surface area (Å²) < 4.78 is 16.0. The maximum atomic E-state index is 11.6. The van der Waals surface area contributed by atoms with Gasteiger partial charge in [0.25, 0.3) is 0 Å². The monoisotopic (exact) mass is 274 g/mol. The minimum atomic E-state index is -0.115. The lowest BCUT2D eigenvalue weighted by molar-refractivity contribution is -0.148. The number of carbonyl (C=O) groups excluding carboxylic acids is 1. The summed E-state index contributed by atoms with van der Waals surface area (Å²) in [6.45, 7) is 9.26. The van der Waals surface area contributed by atoms with Gasteiger partial charge in [-0.1, -0.05) is 33.6 Å². The van der Waals surface area contributed by atoms with Crippen LogP contribution in [0.5, 0.6) is 0 Å². The third kappa shape index (κ3) is 12.2. The van der Waals surface area contributed by atoms with E-state index in [-0.39, 0.29) is 11.9 Å². The highest BCUT2D eigenvalue weighted by atomic mass is 16.5. The van der Waals surface area contributed by atoms with Gasteiger partial charge in [0.1, 0.15) is 0 Å². The van der Waals surface area contributed by atoms with Crippen molar-refractivity contribution >= 4 is 5.97 Å². The summed E-state index contributed by atoms with van der Waals surface area (Å²) in [4.78, 5) is 11.6. The van der Waals surface area contributed by atoms with Crippen LogP contribution in [0.3, 0.4) is 0 Å². The van der Waals surface area contributed by atoms with Gasteiger partial charge in [-0.25, -0.2) is 0 Å². The number of ether oxygens (including phenoxy) is 3. The number of hydrogen-bond donors (Lipinski definition) is 0. The van der Waals surface area contributed by atoms with E-state index in [1.54, 1.807) is 0 Å². The van der Waals surface area contributed by atoms with Gasteiger partial charge >= 0.3 is 5.97 Å². The Kier molecular flexibility index (Phi) is 13.4. The summed E-state index contributed by atoms with van der Waals surface area (Å²) >= 11 is 0. The van der Waals surface area contributed by atoms with Gasteiger partial charge in [-0.3, -0.25) is 4.79 Å². The average Bonchev–Trinajstić information content (AvgIpc) is 2.41. The zero-order chi connectivity index (χ0) is 14.3. The van der Waals surface area contributed by atoms with E-state index in [2.05, 4.69) is 13.8 Å². The molecule has 0 aromatic rings. The first-order valence-electron chi connectivity index (χ1n) is 7.54. The standard InChI is InChI=1S/C15H30O4/c1-4-6-9-17-12-13-18-11-8-14(3)15(16)19-10-7-5-2/h14H,4-13H2,1-3H3.